The molecule has 0 saturated heterocycles. The third-order valence-electron chi connectivity index (χ3n) is 2.61. The van der Waals surface area contributed by atoms with Crippen molar-refractivity contribution in [2.24, 2.45) is 0 Å². The van der Waals surface area contributed by atoms with Crippen molar-refractivity contribution >= 4 is 33.2 Å². The largest absolute Gasteiger partial charge is 0.492 e. The average Bonchev–Trinajstić information content (AvgIpc) is 2.77. The Kier molecular flexibility index (Phi) is 4.55. The predicted octanol–water partition coefficient (Wildman–Crippen LogP) is 3.53. The van der Waals surface area contributed by atoms with Crippen LogP contribution in [-0.2, 0) is 6.42 Å². The third-order valence-corrected chi connectivity index (χ3v) is 4.22. The minimum absolute atomic E-state index is 0.234. The molecule has 0 atom stereocenters. The molecule has 2 aromatic rings. The second-order valence-electron chi connectivity index (χ2n) is 3.91. The van der Waals surface area contributed by atoms with E-state index >= 15 is 0 Å². The van der Waals surface area contributed by atoms with Crippen molar-refractivity contribution in [1.82, 2.24) is 4.98 Å². The zero-order chi connectivity index (χ0) is 13.8. The van der Waals surface area contributed by atoms with Crippen molar-refractivity contribution in [2.45, 2.75) is 13.3 Å². The van der Waals surface area contributed by atoms with Gasteiger partial charge in [0.25, 0.3) is 0 Å². The van der Waals surface area contributed by atoms with Crippen molar-refractivity contribution in [3.05, 3.63) is 44.3 Å². The molecule has 6 heteroatoms. The Morgan fingerprint density at radius 1 is 1.53 bits per heavy atom. The number of rotatable bonds is 5. The minimum Gasteiger partial charge on any atom is -0.492 e. The van der Waals surface area contributed by atoms with Gasteiger partial charge in [-0.15, -0.1) is 11.3 Å². The molecule has 0 fully saturated rings. The van der Waals surface area contributed by atoms with Gasteiger partial charge in [-0.05, 0) is 41.1 Å². The zero-order valence-corrected chi connectivity index (χ0v) is 12.6. The molecule has 100 valence electrons. The van der Waals surface area contributed by atoms with E-state index in [0.717, 1.165) is 12.1 Å². The molecule has 1 aromatic heterocycles. The number of aryl methyl sites for hydroxylation is 1. The number of nitrogens with zero attached hydrogens (tertiary/aromatic N) is 1. The van der Waals surface area contributed by atoms with Gasteiger partial charge < -0.3 is 9.84 Å². The number of carboxylic acid groups (broad SMARTS) is 1. The Labute approximate surface area is 123 Å². The Morgan fingerprint density at radius 2 is 2.32 bits per heavy atom. The Balaban J connectivity index is 1.96. The molecule has 0 aliphatic heterocycles. The van der Waals surface area contributed by atoms with Crippen molar-refractivity contribution < 1.29 is 14.6 Å². The van der Waals surface area contributed by atoms with Gasteiger partial charge in [-0.1, -0.05) is 0 Å². The second kappa shape index (κ2) is 6.16. The molecule has 0 unspecified atom stereocenters. The fourth-order valence-electron chi connectivity index (χ4n) is 1.57. The van der Waals surface area contributed by atoms with Crippen LogP contribution in [0.2, 0.25) is 0 Å². The lowest BCUT2D eigenvalue weighted by Gasteiger charge is -2.08. The van der Waals surface area contributed by atoms with Crippen LogP contribution in [0.4, 0.5) is 0 Å². The van der Waals surface area contributed by atoms with Crippen molar-refractivity contribution in [3.63, 3.8) is 0 Å². The van der Waals surface area contributed by atoms with Gasteiger partial charge in [-0.3, -0.25) is 0 Å². The molecule has 0 bridgehead atoms. The molecule has 0 radical (unpaired) electrons. The predicted molar refractivity (Wildman–Crippen MR) is 77.2 cm³/mol. The summed E-state index contributed by atoms with van der Waals surface area (Å²) < 4.78 is 6.29. The number of aromatic nitrogens is 1. The number of carboxylic acids is 1. The first-order chi connectivity index (χ1) is 9.08. The molecule has 0 spiro atoms. The average molecular weight is 342 g/mol. The number of halogens is 1. The van der Waals surface area contributed by atoms with Gasteiger partial charge >= 0.3 is 5.97 Å². The topological polar surface area (TPSA) is 59.4 Å². The van der Waals surface area contributed by atoms with E-state index in [2.05, 4.69) is 20.9 Å². The standard InChI is InChI=1S/C13H12BrNO3S/c1-8-12(19-7-15-8)4-5-18-11-3-2-9(13(16)17)6-10(11)14/h2-3,6-7H,4-5H2,1H3,(H,16,17). The van der Waals surface area contributed by atoms with Crippen LogP contribution in [0.3, 0.4) is 0 Å². The maximum absolute atomic E-state index is 10.8. The maximum Gasteiger partial charge on any atom is 0.335 e. The molecule has 2 rings (SSSR count). The lowest BCUT2D eigenvalue weighted by atomic mass is 10.2. The fourth-order valence-corrected chi connectivity index (χ4v) is 2.83. The van der Waals surface area contributed by atoms with Gasteiger partial charge in [-0.25, -0.2) is 9.78 Å². The van der Waals surface area contributed by atoms with E-state index in [4.69, 9.17) is 9.84 Å². The first-order valence-electron chi connectivity index (χ1n) is 5.62. The molecule has 0 aliphatic carbocycles. The highest BCUT2D eigenvalue weighted by Crippen LogP contribution is 2.26. The van der Waals surface area contributed by atoms with E-state index in [-0.39, 0.29) is 5.56 Å². The summed E-state index contributed by atoms with van der Waals surface area (Å²) in [6.07, 6.45) is 0.795. The summed E-state index contributed by atoms with van der Waals surface area (Å²) in [6.45, 7) is 2.51. The van der Waals surface area contributed by atoms with Crippen LogP contribution in [0, 0.1) is 6.92 Å². The van der Waals surface area contributed by atoms with Crippen molar-refractivity contribution in [2.75, 3.05) is 6.61 Å². The van der Waals surface area contributed by atoms with Crippen LogP contribution in [0.1, 0.15) is 20.9 Å². The van der Waals surface area contributed by atoms with Gasteiger partial charge in [0.1, 0.15) is 5.75 Å². The highest BCUT2D eigenvalue weighted by Gasteiger charge is 2.08. The van der Waals surface area contributed by atoms with E-state index in [0.29, 0.717) is 16.8 Å². The highest BCUT2D eigenvalue weighted by atomic mass is 79.9. The molecule has 1 heterocycles. The Bertz CT molecular complexity index is 597. The van der Waals surface area contributed by atoms with Gasteiger partial charge in [-0.2, -0.15) is 0 Å². The van der Waals surface area contributed by atoms with Crippen LogP contribution in [0.15, 0.2) is 28.2 Å². The van der Waals surface area contributed by atoms with Gasteiger partial charge in [0.05, 0.1) is 27.8 Å². The minimum atomic E-state index is -0.951. The SMILES string of the molecule is Cc1ncsc1CCOc1ccc(C(=O)O)cc1Br. The van der Waals surface area contributed by atoms with Gasteiger partial charge in [0, 0.05) is 11.3 Å². The van der Waals surface area contributed by atoms with Crippen LogP contribution in [-0.4, -0.2) is 22.7 Å². The molecule has 0 saturated carbocycles. The number of hydrogen-bond acceptors (Lipinski definition) is 4. The molecule has 19 heavy (non-hydrogen) atoms. The molecule has 0 aliphatic rings. The molecule has 1 N–H and O–H groups in total. The summed E-state index contributed by atoms with van der Waals surface area (Å²) >= 11 is 4.93. The van der Waals surface area contributed by atoms with Crippen LogP contribution in [0.5, 0.6) is 5.75 Å². The monoisotopic (exact) mass is 341 g/mol. The summed E-state index contributed by atoms with van der Waals surface area (Å²) in [5.41, 5.74) is 3.09. The summed E-state index contributed by atoms with van der Waals surface area (Å²) in [4.78, 5) is 16.2. The first kappa shape index (κ1) is 14.0. The summed E-state index contributed by atoms with van der Waals surface area (Å²) in [6, 6.07) is 4.73. The van der Waals surface area contributed by atoms with Crippen molar-refractivity contribution in [1.29, 1.82) is 0 Å². The quantitative estimate of drug-likeness (QED) is 0.903. The lowest BCUT2D eigenvalue weighted by molar-refractivity contribution is 0.0697. The number of aromatic carboxylic acids is 1. The fraction of sp³-hybridized carbons (Fsp3) is 0.231. The van der Waals surface area contributed by atoms with E-state index in [1.54, 1.807) is 17.4 Å². The normalized spacial score (nSPS) is 10.4. The van der Waals surface area contributed by atoms with E-state index < -0.39 is 5.97 Å². The van der Waals surface area contributed by atoms with E-state index in [1.165, 1.54) is 17.0 Å². The third kappa shape index (κ3) is 3.54. The Hall–Kier alpha value is -1.40. The zero-order valence-electron chi connectivity index (χ0n) is 10.2. The molecule has 0 amide bonds. The summed E-state index contributed by atoms with van der Waals surface area (Å²) in [7, 11) is 0. The highest BCUT2D eigenvalue weighted by molar-refractivity contribution is 9.10. The number of thiazole rings is 1. The second-order valence-corrected chi connectivity index (χ2v) is 5.70. The molecule has 4 nitrogen and oxygen atoms in total. The first-order valence-corrected chi connectivity index (χ1v) is 7.30. The van der Waals surface area contributed by atoms with E-state index in [9.17, 15) is 4.79 Å². The van der Waals surface area contributed by atoms with E-state index in [1.807, 2.05) is 12.4 Å². The number of carbonyl (C=O) groups is 1. The number of hydrogen-bond donors (Lipinski definition) is 1. The Morgan fingerprint density at radius 3 is 2.89 bits per heavy atom. The van der Waals surface area contributed by atoms with Gasteiger partial charge in [0.15, 0.2) is 0 Å². The van der Waals surface area contributed by atoms with Gasteiger partial charge in [0.2, 0.25) is 0 Å². The summed E-state index contributed by atoms with van der Waals surface area (Å²) in [5.74, 6) is -0.306. The molecular weight excluding hydrogens is 330 g/mol. The number of ether oxygens (including phenoxy) is 1. The lowest BCUT2D eigenvalue weighted by Crippen LogP contribution is -2.03. The van der Waals surface area contributed by atoms with Crippen molar-refractivity contribution in [3.8, 4) is 5.75 Å². The number of benzene rings is 1. The van der Waals surface area contributed by atoms with Crippen LogP contribution in [0.25, 0.3) is 0 Å². The summed E-state index contributed by atoms with van der Waals surface area (Å²) in [5, 5.41) is 8.86. The van der Waals surface area contributed by atoms with Crippen LogP contribution < -0.4 is 4.74 Å². The molecular formula is C13H12BrNO3S. The molecule has 1 aromatic carbocycles. The maximum atomic E-state index is 10.8. The smallest absolute Gasteiger partial charge is 0.335 e. The van der Waals surface area contributed by atoms with Crippen LogP contribution >= 0.6 is 27.3 Å².